The summed E-state index contributed by atoms with van der Waals surface area (Å²) in [5.41, 5.74) is 6.79. The average molecular weight is 242 g/mol. The molecule has 1 aromatic rings. The van der Waals surface area contributed by atoms with Crippen LogP contribution in [0.4, 0.5) is 5.69 Å². The van der Waals surface area contributed by atoms with Crippen molar-refractivity contribution in [2.45, 2.75) is 19.9 Å². The van der Waals surface area contributed by atoms with E-state index in [0.29, 0.717) is 18.0 Å². The van der Waals surface area contributed by atoms with E-state index in [1.54, 1.807) is 24.0 Å². The predicted molar refractivity (Wildman–Crippen MR) is 67.9 cm³/mol. The minimum Gasteiger partial charge on any atom is -0.460 e. The van der Waals surface area contributed by atoms with E-state index in [4.69, 9.17) is 10.5 Å². The fourth-order valence-corrected chi connectivity index (χ4v) is 1.63. The molecule has 0 unspecified atom stereocenters. The summed E-state index contributed by atoms with van der Waals surface area (Å²) in [6, 6.07) is 1.85. The van der Waals surface area contributed by atoms with Gasteiger partial charge in [-0.15, -0.1) is 0 Å². The number of nitrogens with two attached hydrogens (primary N) is 1. The molecule has 0 atom stereocenters. The molecule has 16 heavy (non-hydrogen) atoms. The number of ether oxygens (including phenoxy) is 1. The van der Waals surface area contributed by atoms with Crippen LogP contribution in [-0.4, -0.2) is 29.2 Å². The van der Waals surface area contributed by atoms with Gasteiger partial charge >= 0.3 is 5.97 Å². The van der Waals surface area contributed by atoms with Gasteiger partial charge < -0.3 is 15.0 Å². The molecule has 0 aliphatic rings. The smallest absolute Gasteiger partial charge is 0.355 e. The molecule has 0 aliphatic carbocycles. The van der Waals surface area contributed by atoms with Crippen LogP contribution < -0.4 is 5.73 Å². The van der Waals surface area contributed by atoms with Crippen LogP contribution >= 0.6 is 11.8 Å². The van der Waals surface area contributed by atoms with Gasteiger partial charge in [-0.05, 0) is 26.2 Å². The monoisotopic (exact) mass is 242 g/mol. The first kappa shape index (κ1) is 13.0. The van der Waals surface area contributed by atoms with Crippen molar-refractivity contribution in [1.82, 2.24) is 4.57 Å². The number of carbonyl (C=O) groups is 1. The van der Waals surface area contributed by atoms with Gasteiger partial charge in [-0.1, -0.05) is 0 Å². The standard InChI is InChI=1S/C11H18N2O2S/c1-8(2)13-7-9(12)6-10(13)11(14)15-4-5-16-3/h6-8H,4-5,12H2,1-3H3. The van der Waals surface area contributed by atoms with Crippen molar-refractivity contribution in [2.75, 3.05) is 24.3 Å². The summed E-state index contributed by atoms with van der Waals surface area (Å²) >= 11 is 1.65. The van der Waals surface area contributed by atoms with E-state index in [1.807, 2.05) is 24.7 Å². The van der Waals surface area contributed by atoms with Crippen molar-refractivity contribution >= 4 is 23.4 Å². The van der Waals surface area contributed by atoms with Crippen molar-refractivity contribution in [3.8, 4) is 0 Å². The van der Waals surface area contributed by atoms with Gasteiger partial charge in [0.15, 0.2) is 0 Å². The summed E-state index contributed by atoms with van der Waals surface area (Å²) in [4.78, 5) is 11.8. The van der Waals surface area contributed by atoms with Crippen molar-refractivity contribution in [1.29, 1.82) is 0 Å². The number of hydrogen-bond donors (Lipinski definition) is 1. The third kappa shape index (κ3) is 3.20. The topological polar surface area (TPSA) is 57.2 Å². The molecular weight excluding hydrogens is 224 g/mol. The fourth-order valence-electron chi connectivity index (χ4n) is 1.38. The van der Waals surface area contributed by atoms with Crippen LogP contribution in [0.15, 0.2) is 12.3 Å². The first-order valence-electron chi connectivity index (χ1n) is 5.19. The van der Waals surface area contributed by atoms with Crippen molar-refractivity contribution in [2.24, 2.45) is 0 Å². The molecule has 1 aromatic heterocycles. The number of aromatic nitrogens is 1. The Kier molecular flexibility index (Phi) is 4.73. The highest BCUT2D eigenvalue weighted by molar-refractivity contribution is 7.98. The number of carbonyl (C=O) groups excluding carboxylic acids is 1. The molecule has 1 heterocycles. The van der Waals surface area contributed by atoms with Gasteiger partial charge in [0.25, 0.3) is 0 Å². The first-order valence-corrected chi connectivity index (χ1v) is 6.59. The fraction of sp³-hybridized carbons (Fsp3) is 0.545. The number of hydrogen-bond acceptors (Lipinski definition) is 4. The number of rotatable bonds is 5. The normalized spacial score (nSPS) is 10.8. The zero-order chi connectivity index (χ0) is 12.1. The highest BCUT2D eigenvalue weighted by Crippen LogP contribution is 2.17. The molecule has 0 bridgehead atoms. The molecule has 5 heteroatoms. The second-order valence-electron chi connectivity index (χ2n) is 3.79. The van der Waals surface area contributed by atoms with Crippen LogP contribution in [0.3, 0.4) is 0 Å². The van der Waals surface area contributed by atoms with Gasteiger partial charge in [0.05, 0.1) is 5.69 Å². The van der Waals surface area contributed by atoms with E-state index < -0.39 is 0 Å². The first-order chi connectivity index (χ1) is 7.56. The molecule has 90 valence electrons. The van der Waals surface area contributed by atoms with E-state index >= 15 is 0 Å². The second kappa shape index (κ2) is 5.84. The molecule has 4 nitrogen and oxygen atoms in total. The Morgan fingerprint density at radius 2 is 2.31 bits per heavy atom. The largest absolute Gasteiger partial charge is 0.460 e. The molecule has 0 saturated heterocycles. The van der Waals surface area contributed by atoms with Crippen LogP contribution in [0.2, 0.25) is 0 Å². The van der Waals surface area contributed by atoms with E-state index in [1.165, 1.54) is 0 Å². The van der Waals surface area contributed by atoms with Crippen LogP contribution in [-0.2, 0) is 4.74 Å². The summed E-state index contributed by atoms with van der Waals surface area (Å²) in [5, 5.41) is 0. The van der Waals surface area contributed by atoms with Gasteiger partial charge in [-0.25, -0.2) is 4.79 Å². The van der Waals surface area contributed by atoms with Gasteiger partial charge in [-0.2, -0.15) is 11.8 Å². The van der Waals surface area contributed by atoms with Crippen molar-refractivity contribution in [3.63, 3.8) is 0 Å². The summed E-state index contributed by atoms with van der Waals surface area (Å²) in [7, 11) is 0. The Morgan fingerprint density at radius 1 is 1.62 bits per heavy atom. The average Bonchev–Trinajstić information content (AvgIpc) is 2.61. The van der Waals surface area contributed by atoms with Crippen LogP contribution in [0, 0.1) is 0 Å². The van der Waals surface area contributed by atoms with E-state index in [-0.39, 0.29) is 12.0 Å². The molecule has 2 N–H and O–H groups in total. The minimum absolute atomic E-state index is 0.195. The highest BCUT2D eigenvalue weighted by atomic mass is 32.2. The lowest BCUT2D eigenvalue weighted by atomic mass is 10.3. The SMILES string of the molecule is CSCCOC(=O)c1cc(N)cn1C(C)C. The summed E-state index contributed by atoms with van der Waals surface area (Å²) in [6.07, 6.45) is 3.73. The molecule has 0 aromatic carbocycles. The van der Waals surface area contributed by atoms with E-state index in [0.717, 1.165) is 5.75 Å². The lowest BCUT2D eigenvalue weighted by Crippen LogP contribution is -2.14. The summed E-state index contributed by atoms with van der Waals surface area (Å²) in [6.45, 7) is 4.43. The zero-order valence-corrected chi connectivity index (χ0v) is 10.7. The Labute approximate surface area is 100 Å². The predicted octanol–water partition coefficient (Wildman–Crippen LogP) is 2.17. The van der Waals surface area contributed by atoms with Crippen LogP contribution in [0.25, 0.3) is 0 Å². The molecule has 0 amide bonds. The Hall–Kier alpha value is -1.10. The number of thioether (sulfide) groups is 1. The lowest BCUT2D eigenvalue weighted by Gasteiger charge is -2.11. The molecule has 1 rings (SSSR count). The third-order valence-electron chi connectivity index (χ3n) is 2.16. The maximum absolute atomic E-state index is 11.8. The molecular formula is C11H18N2O2S. The Bertz CT molecular complexity index is 361. The zero-order valence-electron chi connectivity index (χ0n) is 9.90. The van der Waals surface area contributed by atoms with E-state index in [9.17, 15) is 4.79 Å². The van der Waals surface area contributed by atoms with Crippen molar-refractivity contribution < 1.29 is 9.53 Å². The summed E-state index contributed by atoms with van der Waals surface area (Å²) in [5.74, 6) is 0.503. The van der Waals surface area contributed by atoms with Crippen LogP contribution in [0.1, 0.15) is 30.4 Å². The number of nitrogens with zero attached hydrogens (tertiary/aromatic N) is 1. The quantitative estimate of drug-likeness (QED) is 0.635. The number of nitrogen functional groups attached to an aromatic ring is 1. The molecule has 0 aliphatic heterocycles. The highest BCUT2D eigenvalue weighted by Gasteiger charge is 2.15. The second-order valence-corrected chi connectivity index (χ2v) is 4.77. The molecule has 0 saturated carbocycles. The molecule has 0 spiro atoms. The van der Waals surface area contributed by atoms with Gasteiger partial charge in [0.2, 0.25) is 0 Å². The maximum Gasteiger partial charge on any atom is 0.355 e. The van der Waals surface area contributed by atoms with Gasteiger partial charge in [0, 0.05) is 18.0 Å². The number of esters is 1. The molecule has 0 fully saturated rings. The lowest BCUT2D eigenvalue weighted by molar-refractivity contribution is 0.0516. The van der Waals surface area contributed by atoms with Gasteiger partial charge in [-0.3, -0.25) is 0 Å². The van der Waals surface area contributed by atoms with Crippen molar-refractivity contribution in [3.05, 3.63) is 18.0 Å². The molecule has 0 radical (unpaired) electrons. The minimum atomic E-state index is -0.306. The Morgan fingerprint density at radius 3 is 2.88 bits per heavy atom. The number of anilines is 1. The maximum atomic E-state index is 11.8. The van der Waals surface area contributed by atoms with Crippen LogP contribution in [0.5, 0.6) is 0 Å². The third-order valence-corrected chi connectivity index (χ3v) is 2.73. The summed E-state index contributed by atoms with van der Waals surface area (Å²) < 4.78 is 6.97. The van der Waals surface area contributed by atoms with E-state index in [2.05, 4.69) is 0 Å². The van der Waals surface area contributed by atoms with Gasteiger partial charge in [0.1, 0.15) is 12.3 Å². The Balaban J connectivity index is 2.74.